The van der Waals surface area contributed by atoms with Gasteiger partial charge in [-0.05, 0) is 64.5 Å². The van der Waals surface area contributed by atoms with Crippen LogP contribution in [-0.2, 0) is 9.59 Å². The highest BCUT2D eigenvalue weighted by molar-refractivity contribution is 6.01. The summed E-state index contributed by atoms with van der Waals surface area (Å²) in [6, 6.07) is 6.09. The van der Waals surface area contributed by atoms with Gasteiger partial charge >= 0.3 is 0 Å². The van der Waals surface area contributed by atoms with Gasteiger partial charge in [-0.2, -0.15) is 0 Å². The number of hydrogen-bond donors (Lipinski definition) is 0. The molecule has 2 aliphatic heterocycles. The Morgan fingerprint density at radius 3 is 2.63 bits per heavy atom. The Hall–Kier alpha value is -2.08. The SMILES string of the molecule is CCN(C(=O)[C@H]1CC(=O)N(c2cc(C)ccc2OC)C1)C1CCN(C)CC1. The van der Waals surface area contributed by atoms with Gasteiger partial charge in [-0.15, -0.1) is 0 Å². The van der Waals surface area contributed by atoms with Crippen molar-refractivity contribution in [3.8, 4) is 5.75 Å². The van der Waals surface area contributed by atoms with E-state index in [0.717, 1.165) is 37.2 Å². The normalized spacial score (nSPS) is 21.6. The van der Waals surface area contributed by atoms with Crippen LogP contribution in [0.1, 0.15) is 31.7 Å². The van der Waals surface area contributed by atoms with Crippen LogP contribution in [0.25, 0.3) is 0 Å². The van der Waals surface area contributed by atoms with E-state index in [1.807, 2.05) is 36.9 Å². The minimum atomic E-state index is -0.276. The molecule has 3 rings (SSSR count). The van der Waals surface area contributed by atoms with Crippen LogP contribution in [0.4, 0.5) is 5.69 Å². The van der Waals surface area contributed by atoms with E-state index in [1.54, 1.807) is 12.0 Å². The number of amides is 2. The lowest BCUT2D eigenvalue weighted by Crippen LogP contribution is -2.48. The summed E-state index contributed by atoms with van der Waals surface area (Å²) in [5, 5.41) is 0. The molecule has 2 aliphatic rings. The Kier molecular flexibility index (Phi) is 6.05. The first-order valence-corrected chi connectivity index (χ1v) is 9.88. The van der Waals surface area contributed by atoms with Crippen LogP contribution in [-0.4, -0.2) is 68.0 Å². The summed E-state index contributed by atoms with van der Waals surface area (Å²) >= 11 is 0. The van der Waals surface area contributed by atoms with Gasteiger partial charge in [0.25, 0.3) is 0 Å². The minimum absolute atomic E-state index is 0.00307. The molecule has 1 aromatic carbocycles. The van der Waals surface area contributed by atoms with Gasteiger partial charge in [0.2, 0.25) is 11.8 Å². The van der Waals surface area contributed by atoms with Crippen LogP contribution >= 0.6 is 0 Å². The highest BCUT2D eigenvalue weighted by atomic mass is 16.5. The molecular formula is C21H31N3O3. The van der Waals surface area contributed by atoms with Gasteiger partial charge in [-0.1, -0.05) is 6.07 Å². The number of piperidine rings is 1. The molecule has 27 heavy (non-hydrogen) atoms. The van der Waals surface area contributed by atoms with Crippen LogP contribution < -0.4 is 9.64 Å². The molecule has 0 N–H and O–H groups in total. The molecule has 2 saturated heterocycles. The lowest BCUT2D eigenvalue weighted by Gasteiger charge is -2.38. The van der Waals surface area contributed by atoms with E-state index in [-0.39, 0.29) is 30.2 Å². The summed E-state index contributed by atoms with van der Waals surface area (Å²) < 4.78 is 5.44. The number of anilines is 1. The van der Waals surface area contributed by atoms with Crippen molar-refractivity contribution in [2.45, 2.75) is 39.2 Å². The van der Waals surface area contributed by atoms with E-state index < -0.39 is 0 Å². The topological polar surface area (TPSA) is 53.1 Å². The zero-order valence-electron chi connectivity index (χ0n) is 16.9. The maximum absolute atomic E-state index is 13.2. The number of aryl methyl sites for hydroxylation is 1. The van der Waals surface area contributed by atoms with Crippen molar-refractivity contribution in [2.75, 3.05) is 45.2 Å². The first-order chi connectivity index (χ1) is 12.9. The lowest BCUT2D eigenvalue weighted by atomic mass is 10.00. The second-order valence-corrected chi connectivity index (χ2v) is 7.74. The highest BCUT2D eigenvalue weighted by Gasteiger charge is 2.39. The predicted molar refractivity (Wildman–Crippen MR) is 106 cm³/mol. The van der Waals surface area contributed by atoms with Crippen molar-refractivity contribution in [3.63, 3.8) is 0 Å². The minimum Gasteiger partial charge on any atom is -0.495 e. The van der Waals surface area contributed by atoms with Gasteiger partial charge in [0.1, 0.15) is 5.75 Å². The molecule has 0 bridgehead atoms. The first-order valence-electron chi connectivity index (χ1n) is 9.88. The smallest absolute Gasteiger partial charge is 0.228 e. The van der Waals surface area contributed by atoms with E-state index in [4.69, 9.17) is 4.74 Å². The maximum Gasteiger partial charge on any atom is 0.228 e. The van der Waals surface area contributed by atoms with Crippen molar-refractivity contribution in [1.29, 1.82) is 0 Å². The lowest BCUT2D eigenvalue weighted by molar-refractivity contribution is -0.138. The van der Waals surface area contributed by atoms with Gasteiger partial charge in [-0.3, -0.25) is 9.59 Å². The van der Waals surface area contributed by atoms with Crippen molar-refractivity contribution < 1.29 is 14.3 Å². The second-order valence-electron chi connectivity index (χ2n) is 7.74. The van der Waals surface area contributed by atoms with Crippen molar-refractivity contribution in [2.24, 2.45) is 5.92 Å². The predicted octanol–water partition coefficient (Wildman–Crippen LogP) is 2.30. The molecule has 0 saturated carbocycles. The number of benzene rings is 1. The molecule has 0 aliphatic carbocycles. The zero-order chi connectivity index (χ0) is 19.6. The average Bonchev–Trinajstić information content (AvgIpc) is 3.05. The standard InChI is InChI=1S/C21H31N3O3/c1-5-23(17-8-10-22(3)11-9-17)21(26)16-13-20(25)24(14-16)18-12-15(2)6-7-19(18)27-4/h6-7,12,16-17H,5,8-11,13-14H2,1-4H3/t16-/m0/s1. The number of carbonyl (C=O) groups is 2. The fraction of sp³-hybridized carbons (Fsp3) is 0.619. The second kappa shape index (κ2) is 8.30. The number of rotatable bonds is 5. The number of ether oxygens (including phenoxy) is 1. The molecule has 0 unspecified atom stereocenters. The zero-order valence-corrected chi connectivity index (χ0v) is 16.9. The molecule has 1 atom stereocenters. The third kappa shape index (κ3) is 4.10. The number of hydrogen-bond acceptors (Lipinski definition) is 4. The molecule has 2 amide bonds. The number of nitrogens with zero attached hydrogens (tertiary/aromatic N) is 3. The van der Waals surface area contributed by atoms with Gasteiger partial charge < -0.3 is 19.4 Å². The molecule has 0 aromatic heterocycles. The number of carbonyl (C=O) groups excluding carboxylic acids is 2. The Bertz CT molecular complexity index is 698. The van der Waals surface area contributed by atoms with Crippen molar-refractivity contribution >= 4 is 17.5 Å². The summed E-state index contributed by atoms with van der Waals surface area (Å²) in [6.45, 7) is 7.20. The summed E-state index contributed by atoms with van der Waals surface area (Å²) in [7, 11) is 3.73. The van der Waals surface area contributed by atoms with E-state index in [9.17, 15) is 9.59 Å². The molecule has 6 heteroatoms. The summed E-state index contributed by atoms with van der Waals surface area (Å²) in [5.41, 5.74) is 1.83. The Morgan fingerprint density at radius 2 is 2.00 bits per heavy atom. The summed E-state index contributed by atoms with van der Waals surface area (Å²) in [4.78, 5) is 31.9. The summed E-state index contributed by atoms with van der Waals surface area (Å²) in [5.74, 6) is 0.512. The Morgan fingerprint density at radius 1 is 1.30 bits per heavy atom. The quantitative estimate of drug-likeness (QED) is 0.795. The van der Waals surface area contributed by atoms with Gasteiger partial charge in [0.15, 0.2) is 0 Å². The largest absolute Gasteiger partial charge is 0.495 e. The maximum atomic E-state index is 13.2. The van der Waals surface area contributed by atoms with Gasteiger partial charge in [0, 0.05) is 25.6 Å². The van der Waals surface area contributed by atoms with E-state index >= 15 is 0 Å². The number of likely N-dealkylation sites (tertiary alicyclic amines) is 1. The molecule has 1 aromatic rings. The van der Waals surface area contributed by atoms with Gasteiger partial charge in [-0.25, -0.2) is 0 Å². The molecule has 148 valence electrons. The highest BCUT2D eigenvalue weighted by Crippen LogP contribution is 2.34. The monoisotopic (exact) mass is 373 g/mol. The molecule has 6 nitrogen and oxygen atoms in total. The van der Waals surface area contributed by atoms with Crippen molar-refractivity contribution in [3.05, 3.63) is 23.8 Å². The van der Waals surface area contributed by atoms with Crippen LogP contribution in [0.5, 0.6) is 5.75 Å². The average molecular weight is 373 g/mol. The molecular weight excluding hydrogens is 342 g/mol. The van der Waals surface area contributed by atoms with Crippen LogP contribution in [0.3, 0.4) is 0 Å². The van der Waals surface area contributed by atoms with Gasteiger partial charge in [0.05, 0.1) is 18.7 Å². The van der Waals surface area contributed by atoms with Crippen LogP contribution in [0.2, 0.25) is 0 Å². The van der Waals surface area contributed by atoms with E-state index in [0.29, 0.717) is 18.8 Å². The fourth-order valence-electron chi connectivity index (χ4n) is 4.25. The Balaban J connectivity index is 1.74. The van der Waals surface area contributed by atoms with E-state index in [1.165, 1.54) is 0 Å². The van der Waals surface area contributed by atoms with E-state index in [2.05, 4.69) is 11.9 Å². The third-order valence-corrected chi connectivity index (χ3v) is 5.85. The molecule has 0 spiro atoms. The number of methoxy groups -OCH3 is 1. The fourth-order valence-corrected chi connectivity index (χ4v) is 4.25. The molecule has 0 radical (unpaired) electrons. The summed E-state index contributed by atoms with van der Waals surface area (Å²) in [6.07, 6.45) is 2.29. The first kappa shape index (κ1) is 19.7. The Labute approximate surface area is 162 Å². The van der Waals surface area contributed by atoms with Crippen molar-refractivity contribution in [1.82, 2.24) is 9.80 Å². The molecule has 2 heterocycles. The molecule has 2 fully saturated rings. The van der Waals surface area contributed by atoms with Crippen LogP contribution in [0, 0.1) is 12.8 Å². The van der Waals surface area contributed by atoms with Crippen LogP contribution in [0.15, 0.2) is 18.2 Å². The third-order valence-electron chi connectivity index (χ3n) is 5.85.